The predicted octanol–water partition coefficient (Wildman–Crippen LogP) is 2.65. The molecule has 6 heteroatoms. The normalized spacial score (nSPS) is 22.6. The number of fused-ring (bicyclic) bond motifs is 1. The Balaban J connectivity index is 2.44. The summed E-state index contributed by atoms with van der Waals surface area (Å²) in [5.41, 5.74) is -2.04. The van der Waals surface area contributed by atoms with Crippen LogP contribution in [0.25, 0.3) is 0 Å². The molecule has 1 heterocycles. The molecule has 1 aliphatic heterocycles. The zero-order chi connectivity index (χ0) is 14.3. The molecule has 19 heavy (non-hydrogen) atoms. The Morgan fingerprint density at radius 1 is 1.47 bits per heavy atom. The van der Waals surface area contributed by atoms with Crippen LogP contribution in [0.15, 0.2) is 18.2 Å². The van der Waals surface area contributed by atoms with Gasteiger partial charge in [0.25, 0.3) is 0 Å². The van der Waals surface area contributed by atoms with Crippen LogP contribution in [0, 0.1) is 0 Å². The molecule has 1 aromatic carbocycles. The van der Waals surface area contributed by atoms with E-state index < -0.39 is 17.3 Å². The molecule has 1 aliphatic rings. The minimum atomic E-state index is -4.46. The number of ketones is 1. The highest BCUT2D eigenvalue weighted by molar-refractivity contribution is 5.77. The molecule has 0 saturated carbocycles. The molecule has 0 aliphatic carbocycles. The fourth-order valence-electron chi connectivity index (χ4n) is 2.26. The van der Waals surface area contributed by atoms with Gasteiger partial charge in [-0.2, -0.15) is 13.2 Å². The van der Waals surface area contributed by atoms with Gasteiger partial charge in [-0.1, -0.05) is 6.07 Å². The SMILES string of the molecule is CC(=O)CC1(O)CCOc2cc(C(F)(F)F)ccc21. The first kappa shape index (κ1) is 13.9. The molecule has 0 spiro atoms. The van der Waals surface area contributed by atoms with E-state index >= 15 is 0 Å². The molecule has 2 rings (SSSR count). The van der Waals surface area contributed by atoms with Crippen molar-refractivity contribution in [2.45, 2.75) is 31.5 Å². The molecule has 0 aromatic heterocycles. The van der Waals surface area contributed by atoms with Crippen LogP contribution in [0.2, 0.25) is 0 Å². The van der Waals surface area contributed by atoms with E-state index in [2.05, 4.69) is 0 Å². The molecule has 0 fully saturated rings. The van der Waals surface area contributed by atoms with Gasteiger partial charge in [0.15, 0.2) is 0 Å². The summed E-state index contributed by atoms with van der Waals surface area (Å²) in [5, 5.41) is 10.4. The Labute approximate surface area is 108 Å². The lowest BCUT2D eigenvalue weighted by atomic mass is 9.83. The first-order chi connectivity index (χ1) is 8.72. The molecule has 3 nitrogen and oxygen atoms in total. The number of hydrogen-bond acceptors (Lipinski definition) is 3. The van der Waals surface area contributed by atoms with Gasteiger partial charge in [-0.25, -0.2) is 0 Å². The van der Waals surface area contributed by atoms with Gasteiger partial charge in [0.1, 0.15) is 17.1 Å². The van der Waals surface area contributed by atoms with Crippen LogP contribution in [0.4, 0.5) is 13.2 Å². The lowest BCUT2D eigenvalue weighted by molar-refractivity contribution is -0.138. The fourth-order valence-corrected chi connectivity index (χ4v) is 2.26. The Morgan fingerprint density at radius 3 is 2.74 bits per heavy atom. The van der Waals surface area contributed by atoms with E-state index in [1.165, 1.54) is 13.0 Å². The zero-order valence-electron chi connectivity index (χ0n) is 10.3. The minimum absolute atomic E-state index is 0.00942. The Bertz CT molecular complexity index is 510. The number of aliphatic hydroxyl groups is 1. The molecule has 0 radical (unpaired) electrons. The second-order valence-electron chi connectivity index (χ2n) is 4.72. The zero-order valence-corrected chi connectivity index (χ0v) is 10.3. The molecule has 0 saturated heterocycles. The average molecular weight is 274 g/mol. The van der Waals surface area contributed by atoms with E-state index in [1.807, 2.05) is 0 Å². The third kappa shape index (κ3) is 2.73. The number of carbonyl (C=O) groups excluding carboxylic acids is 1. The highest BCUT2D eigenvalue weighted by Gasteiger charge is 2.39. The van der Waals surface area contributed by atoms with Crippen molar-refractivity contribution in [1.29, 1.82) is 0 Å². The summed E-state index contributed by atoms with van der Waals surface area (Å²) >= 11 is 0. The highest BCUT2D eigenvalue weighted by atomic mass is 19.4. The van der Waals surface area contributed by atoms with E-state index in [4.69, 9.17) is 4.74 Å². The van der Waals surface area contributed by atoms with Crippen molar-refractivity contribution in [1.82, 2.24) is 0 Å². The molecule has 1 atom stereocenters. The smallest absolute Gasteiger partial charge is 0.416 e. The predicted molar refractivity (Wildman–Crippen MR) is 60.8 cm³/mol. The molecular weight excluding hydrogens is 261 g/mol. The largest absolute Gasteiger partial charge is 0.493 e. The van der Waals surface area contributed by atoms with Crippen LogP contribution < -0.4 is 4.74 Å². The van der Waals surface area contributed by atoms with E-state index in [1.54, 1.807) is 0 Å². The van der Waals surface area contributed by atoms with Gasteiger partial charge in [-0.15, -0.1) is 0 Å². The van der Waals surface area contributed by atoms with E-state index in [-0.39, 0.29) is 36.5 Å². The number of rotatable bonds is 2. The minimum Gasteiger partial charge on any atom is -0.493 e. The van der Waals surface area contributed by atoms with E-state index in [0.717, 1.165) is 12.1 Å². The number of benzene rings is 1. The summed E-state index contributed by atoms with van der Waals surface area (Å²) in [7, 11) is 0. The highest BCUT2D eigenvalue weighted by Crippen LogP contribution is 2.42. The average Bonchev–Trinajstić information content (AvgIpc) is 2.26. The summed E-state index contributed by atoms with van der Waals surface area (Å²) in [6, 6.07) is 2.93. The second-order valence-corrected chi connectivity index (χ2v) is 4.72. The number of carbonyl (C=O) groups is 1. The Hall–Kier alpha value is -1.56. The van der Waals surface area contributed by atoms with Gasteiger partial charge in [0, 0.05) is 18.4 Å². The van der Waals surface area contributed by atoms with Gasteiger partial charge < -0.3 is 9.84 Å². The van der Waals surface area contributed by atoms with Crippen molar-refractivity contribution in [2.24, 2.45) is 0 Å². The third-order valence-electron chi connectivity index (χ3n) is 3.12. The second kappa shape index (κ2) is 4.52. The maximum absolute atomic E-state index is 12.6. The summed E-state index contributed by atoms with van der Waals surface area (Å²) in [6.07, 6.45) is -4.41. The number of ether oxygens (including phenoxy) is 1. The van der Waals surface area contributed by atoms with E-state index in [9.17, 15) is 23.1 Å². The molecule has 0 amide bonds. The number of Topliss-reactive ketones (excluding diaryl/α,β-unsaturated/α-hetero) is 1. The van der Waals surface area contributed by atoms with Crippen molar-refractivity contribution in [3.63, 3.8) is 0 Å². The van der Waals surface area contributed by atoms with Crippen molar-refractivity contribution in [3.8, 4) is 5.75 Å². The topological polar surface area (TPSA) is 46.5 Å². The van der Waals surface area contributed by atoms with Gasteiger partial charge in [-0.05, 0) is 19.1 Å². The van der Waals surface area contributed by atoms with Crippen molar-refractivity contribution < 1.29 is 27.8 Å². The van der Waals surface area contributed by atoms with Crippen LogP contribution in [0.1, 0.15) is 30.9 Å². The monoisotopic (exact) mass is 274 g/mol. The van der Waals surface area contributed by atoms with Crippen LogP contribution in [-0.4, -0.2) is 17.5 Å². The third-order valence-corrected chi connectivity index (χ3v) is 3.12. The maximum Gasteiger partial charge on any atom is 0.416 e. The van der Waals surface area contributed by atoms with Crippen molar-refractivity contribution >= 4 is 5.78 Å². The first-order valence-corrected chi connectivity index (χ1v) is 5.79. The van der Waals surface area contributed by atoms with Crippen LogP contribution >= 0.6 is 0 Å². The Morgan fingerprint density at radius 2 is 2.16 bits per heavy atom. The van der Waals surface area contributed by atoms with Gasteiger partial charge >= 0.3 is 6.18 Å². The fraction of sp³-hybridized carbons (Fsp3) is 0.462. The summed E-state index contributed by atoms with van der Waals surface area (Å²) in [5.74, 6) is -0.236. The van der Waals surface area contributed by atoms with Crippen LogP contribution in [0.3, 0.4) is 0 Å². The number of hydrogen-bond donors (Lipinski definition) is 1. The van der Waals surface area contributed by atoms with Crippen molar-refractivity contribution in [3.05, 3.63) is 29.3 Å². The Kier molecular flexibility index (Phi) is 3.30. The molecular formula is C13H13F3O3. The first-order valence-electron chi connectivity index (χ1n) is 5.79. The molecule has 1 unspecified atom stereocenters. The van der Waals surface area contributed by atoms with Gasteiger partial charge in [-0.3, -0.25) is 4.79 Å². The van der Waals surface area contributed by atoms with Crippen LogP contribution in [0.5, 0.6) is 5.75 Å². The lowest BCUT2D eigenvalue weighted by Gasteiger charge is -2.34. The van der Waals surface area contributed by atoms with Gasteiger partial charge in [0.2, 0.25) is 0 Å². The summed E-state index contributed by atoms with van der Waals surface area (Å²) in [6.45, 7) is 1.41. The number of alkyl halides is 3. The number of halogens is 3. The molecule has 1 aromatic rings. The van der Waals surface area contributed by atoms with Crippen LogP contribution in [-0.2, 0) is 16.6 Å². The van der Waals surface area contributed by atoms with Crippen molar-refractivity contribution in [2.75, 3.05) is 6.61 Å². The quantitative estimate of drug-likeness (QED) is 0.901. The summed E-state index contributed by atoms with van der Waals surface area (Å²) in [4.78, 5) is 11.2. The molecule has 0 bridgehead atoms. The lowest BCUT2D eigenvalue weighted by Crippen LogP contribution is -2.34. The molecule has 104 valence electrons. The summed E-state index contributed by atoms with van der Waals surface area (Å²) < 4.78 is 42.9. The van der Waals surface area contributed by atoms with E-state index in [0.29, 0.717) is 0 Å². The van der Waals surface area contributed by atoms with Gasteiger partial charge in [0.05, 0.1) is 12.2 Å². The maximum atomic E-state index is 12.6. The molecule has 1 N–H and O–H groups in total. The standard InChI is InChI=1S/C13H13F3O3/c1-8(17)7-12(18)4-5-19-11-6-9(13(14,15)16)2-3-10(11)12/h2-3,6,18H,4-5,7H2,1H3.